The maximum atomic E-state index is 3.23. The Morgan fingerprint density at radius 3 is 1.29 bits per heavy atom. The average Bonchev–Trinajstić information content (AvgIpc) is 3.26. The van der Waals surface area contributed by atoms with Gasteiger partial charge in [0, 0.05) is 0 Å². The van der Waals surface area contributed by atoms with Crippen molar-refractivity contribution in [3.05, 3.63) is 58.7 Å². The molecule has 2 aliphatic rings. The number of fused-ring (bicyclic) bond motifs is 2. The minimum atomic E-state index is -0.145. The van der Waals surface area contributed by atoms with Gasteiger partial charge in [-0.25, -0.2) is 12.1 Å². The molecule has 4 rings (SSSR count). The molecule has 0 saturated heterocycles. The van der Waals surface area contributed by atoms with Crippen molar-refractivity contribution in [1.29, 1.82) is 0 Å². The van der Waals surface area contributed by atoms with Crippen molar-refractivity contribution in [2.24, 2.45) is 0 Å². The molecule has 0 heterocycles. The summed E-state index contributed by atoms with van der Waals surface area (Å²) < 4.78 is 0. The van der Waals surface area contributed by atoms with E-state index >= 15 is 0 Å². The predicted octanol–water partition coefficient (Wildman–Crippen LogP) is 7.95. The van der Waals surface area contributed by atoms with E-state index < -0.39 is 0 Å². The van der Waals surface area contributed by atoms with E-state index in [2.05, 4.69) is 85.3 Å². The predicted molar refractivity (Wildman–Crippen MR) is 113 cm³/mol. The minimum absolute atomic E-state index is 0.145. The number of halogens is 4. The number of hydrogen-bond donors (Lipinski definition) is 0. The Hall–Kier alpha value is 2.39. The molecule has 0 atom stereocenters. The summed E-state index contributed by atoms with van der Waals surface area (Å²) in [6.45, 7) is 0. The second kappa shape index (κ2) is 16.4. The Labute approximate surface area is 193 Å². The molecule has 0 fully saturated rings. The van der Waals surface area contributed by atoms with Gasteiger partial charge in [-0.05, 0) is 0 Å². The Kier molecular flexibility index (Phi) is 16.6. The molecule has 0 nitrogen and oxygen atoms in total. The second-order valence-corrected chi connectivity index (χ2v) is 28.4. The fourth-order valence-electron chi connectivity index (χ4n) is 3.23. The zero-order valence-electron chi connectivity index (χ0n) is 13.6. The molecule has 6 heteroatoms. The smallest absolute Gasteiger partial charge is 0.0512 e. The van der Waals surface area contributed by atoms with E-state index in [0.29, 0.717) is 0 Å². The second-order valence-electron chi connectivity index (χ2n) is 5.71. The largest absolute Gasteiger partial charge is 0.210 e. The topological polar surface area (TPSA) is 0 Å². The van der Waals surface area contributed by atoms with E-state index in [1.165, 1.54) is 51.4 Å². The van der Waals surface area contributed by atoms with Crippen LogP contribution in [0.5, 0.6) is 0 Å². The van der Waals surface area contributed by atoms with Crippen molar-refractivity contribution in [3.63, 3.8) is 0 Å². The van der Waals surface area contributed by atoms with Gasteiger partial charge in [-0.3, -0.25) is 0 Å². The van der Waals surface area contributed by atoms with Gasteiger partial charge in [0.2, 0.25) is 0 Å². The summed E-state index contributed by atoms with van der Waals surface area (Å²) >= 11 is 12.6. The first-order valence-corrected chi connectivity index (χ1v) is 30.6. The summed E-state index contributed by atoms with van der Waals surface area (Å²) in [5, 5.41) is 0. The van der Waals surface area contributed by atoms with Crippen LogP contribution in [-0.4, -0.2) is 0 Å². The third kappa shape index (κ3) is 10.1. The SMILES string of the molecule is [Br][Zr][Br].[Br][Zr][Br].c1cc2c([cH-]1)CCCC2.c1cc2c([cH-]1)CCCC2. The van der Waals surface area contributed by atoms with Gasteiger partial charge < -0.3 is 0 Å². The molecule has 0 radical (unpaired) electrons. The van der Waals surface area contributed by atoms with Crippen LogP contribution in [0.3, 0.4) is 0 Å². The molecule has 0 saturated carbocycles. The van der Waals surface area contributed by atoms with Crippen LogP contribution in [0.15, 0.2) is 36.4 Å². The van der Waals surface area contributed by atoms with Gasteiger partial charge in [0.15, 0.2) is 0 Å². The van der Waals surface area contributed by atoms with E-state index in [1.54, 1.807) is 22.3 Å². The van der Waals surface area contributed by atoms with Crippen molar-refractivity contribution in [2.45, 2.75) is 51.4 Å². The van der Waals surface area contributed by atoms with Gasteiger partial charge in [0.1, 0.15) is 0 Å². The molecule has 0 amide bonds. The molecule has 2 aromatic rings. The number of aryl methyl sites for hydroxylation is 4. The fourth-order valence-corrected chi connectivity index (χ4v) is 3.23. The number of rotatable bonds is 0. The zero-order valence-corrected chi connectivity index (χ0v) is 24.9. The Morgan fingerprint density at radius 2 is 0.958 bits per heavy atom. The molecule has 0 spiro atoms. The maximum absolute atomic E-state index is 3.23. The van der Waals surface area contributed by atoms with Crippen molar-refractivity contribution in [2.75, 3.05) is 0 Å². The van der Waals surface area contributed by atoms with Gasteiger partial charge >= 0.3 is 85.9 Å². The van der Waals surface area contributed by atoms with E-state index in [9.17, 15) is 0 Å². The van der Waals surface area contributed by atoms with Crippen LogP contribution >= 0.6 is 48.9 Å². The van der Waals surface area contributed by atoms with Crippen molar-refractivity contribution < 1.29 is 37.1 Å². The number of hydrogen-bond acceptors (Lipinski definition) is 0. The molecule has 2 aromatic carbocycles. The average molecular weight is 740 g/mol. The first-order chi connectivity index (χ1) is 11.8. The first kappa shape index (κ1) is 24.4. The summed E-state index contributed by atoms with van der Waals surface area (Å²) in [7, 11) is 0. The van der Waals surface area contributed by atoms with Gasteiger partial charge in [-0.15, -0.1) is 0 Å². The summed E-state index contributed by atoms with van der Waals surface area (Å²) in [4.78, 5) is 0. The van der Waals surface area contributed by atoms with E-state index in [4.69, 9.17) is 0 Å². The summed E-state index contributed by atoms with van der Waals surface area (Å²) in [5.74, 6) is 0. The molecule has 0 N–H and O–H groups in total. The molecule has 24 heavy (non-hydrogen) atoms. The zero-order chi connectivity index (χ0) is 17.6. The molecule has 2 aliphatic carbocycles. The van der Waals surface area contributed by atoms with Crippen LogP contribution in [0, 0.1) is 0 Å². The quantitative estimate of drug-likeness (QED) is 0.241. The molecule has 0 unspecified atom stereocenters. The molecule has 0 aliphatic heterocycles. The fraction of sp³-hybridized carbons (Fsp3) is 0.444. The standard InChI is InChI=1S/2C9H11.4BrH.2Zr/c2*1-2-5-9-7-3-6-8(9)4-1;;;;;;/h2*3,6-7H,1-2,4-5H2;4*1H;;/q2*-1;;;;;2*+2/p-4. The van der Waals surface area contributed by atoms with Gasteiger partial charge in [0.05, 0.1) is 0 Å². The van der Waals surface area contributed by atoms with Crippen LogP contribution in [0.25, 0.3) is 0 Å². The van der Waals surface area contributed by atoms with Crippen LogP contribution < -0.4 is 0 Å². The maximum Gasteiger partial charge on any atom is -0.0512 e. The Balaban J connectivity index is 0.000000183. The molecule has 0 bridgehead atoms. The van der Waals surface area contributed by atoms with Crippen molar-refractivity contribution >= 4 is 48.9 Å². The molecule has 0 aromatic heterocycles. The Morgan fingerprint density at radius 1 is 0.625 bits per heavy atom. The van der Waals surface area contributed by atoms with Gasteiger partial charge in [0.25, 0.3) is 0 Å². The van der Waals surface area contributed by atoms with Crippen LogP contribution in [-0.2, 0) is 62.8 Å². The summed E-state index contributed by atoms with van der Waals surface area (Å²) in [6, 6.07) is 13.4. The van der Waals surface area contributed by atoms with Crippen LogP contribution in [0.1, 0.15) is 47.9 Å². The summed E-state index contributed by atoms with van der Waals surface area (Å²) in [5.41, 5.74) is 6.39. The molecule has 132 valence electrons. The first-order valence-electron chi connectivity index (χ1n) is 8.16. The minimum Gasteiger partial charge on any atom is -0.210 e. The van der Waals surface area contributed by atoms with Gasteiger partial charge in [-0.2, -0.15) is 46.5 Å². The van der Waals surface area contributed by atoms with E-state index in [0.717, 1.165) is 0 Å². The van der Waals surface area contributed by atoms with Crippen molar-refractivity contribution in [3.8, 4) is 0 Å². The van der Waals surface area contributed by atoms with Gasteiger partial charge in [-0.1, -0.05) is 51.4 Å². The third-order valence-electron chi connectivity index (χ3n) is 4.30. The monoisotopic (exact) mass is 734 g/mol. The van der Waals surface area contributed by atoms with Crippen molar-refractivity contribution in [1.82, 2.24) is 0 Å². The summed E-state index contributed by atoms with van der Waals surface area (Å²) in [6.07, 6.45) is 10.9. The third-order valence-corrected chi connectivity index (χ3v) is 4.30. The molecular weight excluding hydrogens is 718 g/mol. The van der Waals surface area contributed by atoms with E-state index in [-0.39, 0.29) is 37.1 Å². The Bertz CT molecular complexity index is 447. The molecular formula is C18H22Br4Zr2-2. The van der Waals surface area contributed by atoms with Crippen LogP contribution in [0.4, 0.5) is 0 Å². The van der Waals surface area contributed by atoms with E-state index in [1.807, 2.05) is 0 Å². The van der Waals surface area contributed by atoms with Crippen LogP contribution in [0.2, 0.25) is 0 Å². The normalized spacial score (nSPS) is 14.2.